The van der Waals surface area contributed by atoms with E-state index in [4.69, 9.17) is 4.98 Å². The third kappa shape index (κ3) is 1.68. The molecule has 1 aromatic carbocycles. The Morgan fingerprint density at radius 1 is 1.10 bits per heavy atom. The summed E-state index contributed by atoms with van der Waals surface area (Å²) in [4.78, 5) is 7.34. The van der Waals surface area contributed by atoms with E-state index in [1.807, 2.05) is 0 Å². The van der Waals surface area contributed by atoms with Gasteiger partial charge in [-0.3, -0.25) is 4.98 Å². The Balaban J connectivity index is 1.86. The van der Waals surface area contributed by atoms with E-state index in [1.54, 1.807) is 5.56 Å². The van der Waals surface area contributed by atoms with Crippen LogP contribution in [0.15, 0.2) is 30.3 Å². The molecule has 2 nitrogen and oxygen atoms in total. The number of hydrogen-bond acceptors (Lipinski definition) is 2. The zero-order valence-corrected chi connectivity index (χ0v) is 13.2. The van der Waals surface area contributed by atoms with Crippen molar-refractivity contribution >= 4 is 5.69 Å². The van der Waals surface area contributed by atoms with Crippen LogP contribution < -0.4 is 4.90 Å². The molecule has 2 unspecified atom stereocenters. The number of aromatic nitrogens is 1. The van der Waals surface area contributed by atoms with Crippen molar-refractivity contribution in [1.82, 2.24) is 4.98 Å². The van der Waals surface area contributed by atoms with Crippen molar-refractivity contribution in [2.45, 2.75) is 52.1 Å². The van der Waals surface area contributed by atoms with E-state index in [9.17, 15) is 0 Å². The number of aryl methyl sites for hydroxylation is 3. The fourth-order valence-corrected chi connectivity index (χ4v) is 4.61. The molecule has 108 valence electrons. The normalized spacial score (nSPS) is 26.3. The standard InChI is InChI=1S/C19H22N2/c1-11-9-12(2)20-13(3)19(11)21-14(4)17-10-18(21)16-8-6-5-7-15(16)17/h5-9,14,17-18H,10H2,1-4H3/t14-,17?,18?/m0/s1. The zero-order valence-electron chi connectivity index (χ0n) is 13.2. The van der Waals surface area contributed by atoms with E-state index >= 15 is 0 Å². The molecule has 0 amide bonds. The molecule has 1 aromatic heterocycles. The van der Waals surface area contributed by atoms with Crippen LogP contribution >= 0.6 is 0 Å². The summed E-state index contributed by atoms with van der Waals surface area (Å²) in [5, 5.41) is 0. The second-order valence-corrected chi connectivity index (χ2v) is 6.65. The van der Waals surface area contributed by atoms with Crippen LogP contribution in [-0.2, 0) is 0 Å². The molecule has 4 rings (SSSR count). The minimum atomic E-state index is 0.531. The highest BCUT2D eigenvalue weighted by Crippen LogP contribution is 2.55. The lowest BCUT2D eigenvalue weighted by Crippen LogP contribution is -2.36. The van der Waals surface area contributed by atoms with Gasteiger partial charge in [-0.1, -0.05) is 24.3 Å². The first-order chi connectivity index (χ1) is 10.1. The van der Waals surface area contributed by atoms with Crippen LogP contribution in [0.2, 0.25) is 0 Å². The van der Waals surface area contributed by atoms with Gasteiger partial charge in [-0.15, -0.1) is 0 Å². The highest BCUT2D eigenvalue weighted by molar-refractivity contribution is 5.64. The van der Waals surface area contributed by atoms with Gasteiger partial charge in [-0.25, -0.2) is 0 Å². The topological polar surface area (TPSA) is 16.1 Å². The van der Waals surface area contributed by atoms with Crippen LogP contribution in [0.5, 0.6) is 0 Å². The Kier molecular flexibility index (Phi) is 2.66. The summed E-state index contributed by atoms with van der Waals surface area (Å²) >= 11 is 0. The summed E-state index contributed by atoms with van der Waals surface area (Å²) in [6.07, 6.45) is 1.26. The van der Waals surface area contributed by atoms with Crippen LogP contribution in [-0.4, -0.2) is 11.0 Å². The largest absolute Gasteiger partial charge is 0.359 e. The van der Waals surface area contributed by atoms with Gasteiger partial charge in [0.1, 0.15) is 0 Å². The van der Waals surface area contributed by atoms with E-state index in [2.05, 4.69) is 62.9 Å². The van der Waals surface area contributed by atoms with Crippen molar-refractivity contribution in [3.05, 3.63) is 58.4 Å². The highest BCUT2D eigenvalue weighted by Gasteiger charge is 2.47. The van der Waals surface area contributed by atoms with Gasteiger partial charge in [0.05, 0.1) is 17.4 Å². The average Bonchev–Trinajstić information content (AvgIpc) is 2.95. The summed E-state index contributed by atoms with van der Waals surface area (Å²) in [6.45, 7) is 8.83. The van der Waals surface area contributed by atoms with Gasteiger partial charge in [0.25, 0.3) is 0 Å². The first kappa shape index (κ1) is 12.9. The van der Waals surface area contributed by atoms with Gasteiger partial charge >= 0.3 is 0 Å². The predicted molar refractivity (Wildman–Crippen MR) is 86.9 cm³/mol. The van der Waals surface area contributed by atoms with Crippen LogP contribution in [0.25, 0.3) is 0 Å². The number of nitrogens with zero attached hydrogens (tertiary/aromatic N) is 2. The Labute approximate surface area is 126 Å². The minimum absolute atomic E-state index is 0.531. The van der Waals surface area contributed by atoms with Gasteiger partial charge in [0.2, 0.25) is 0 Å². The Morgan fingerprint density at radius 2 is 1.81 bits per heavy atom. The van der Waals surface area contributed by atoms with Crippen LogP contribution in [0, 0.1) is 20.8 Å². The molecule has 2 aromatic rings. The maximum Gasteiger partial charge on any atom is 0.0620 e. The fraction of sp³-hybridized carbons (Fsp3) is 0.421. The molecule has 1 fully saturated rings. The SMILES string of the molecule is Cc1cc(C)c(N2C3CC(c4ccccc43)[C@@H]2C)c(C)n1. The van der Waals surface area contributed by atoms with Crippen LogP contribution in [0.3, 0.4) is 0 Å². The van der Waals surface area contributed by atoms with Crippen molar-refractivity contribution in [3.63, 3.8) is 0 Å². The number of rotatable bonds is 1. The Hall–Kier alpha value is -1.83. The van der Waals surface area contributed by atoms with Crippen molar-refractivity contribution < 1.29 is 0 Å². The predicted octanol–water partition coefficient (Wildman–Crippen LogP) is 4.44. The molecule has 2 heteroatoms. The quantitative estimate of drug-likeness (QED) is 0.766. The van der Waals surface area contributed by atoms with Gasteiger partial charge in [-0.05, 0) is 56.9 Å². The van der Waals surface area contributed by atoms with Crippen LogP contribution in [0.4, 0.5) is 5.69 Å². The number of pyridine rings is 1. The Morgan fingerprint density at radius 3 is 2.52 bits per heavy atom. The van der Waals surface area contributed by atoms with Gasteiger partial charge < -0.3 is 4.90 Å². The van der Waals surface area contributed by atoms with E-state index < -0.39 is 0 Å². The maximum absolute atomic E-state index is 4.71. The number of fused-ring (bicyclic) bond motifs is 5. The smallest absolute Gasteiger partial charge is 0.0620 e. The molecule has 21 heavy (non-hydrogen) atoms. The molecule has 1 saturated heterocycles. The molecule has 2 aliphatic rings. The summed E-state index contributed by atoms with van der Waals surface area (Å²) in [5.41, 5.74) is 8.10. The molecule has 0 N–H and O–H groups in total. The number of anilines is 1. The van der Waals surface area contributed by atoms with Gasteiger partial charge in [0.15, 0.2) is 0 Å². The number of hydrogen-bond donors (Lipinski definition) is 0. The van der Waals surface area contributed by atoms with E-state index in [-0.39, 0.29) is 0 Å². The monoisotopic (exact) mass is 278 g/mol. The summed E-state index contributed by atoms with van der Waals surface area (Å²) in [5.74, 6) is 0.673. The van der Waals surface area contributed by atoms with Gasteiger partial charge in [-0.2, -0.15) is 0 Å². The zero-order chi connectivity index (χ0) is 14.7. The second-order valence-electron chi connectivity index (χ2n) is 6.65. The third-order valence-corrected chi connectivity index (χ3v) is 5.33. The second kappa shape index (κ2) is 4.33. The van der Waals surface area contributed by atoms with E-state index in [0.29, 0.717) is 18.0 Å². The lowest BCUT2D eigenvalue weighted by Gasteiger charge is -2.38. The van der Waals surface area contributed by atoms with Gasteiger partial charge in [0, 0.05) is 17.7 Å². The molecular weight excluding hydrogens is 256 g/mol. The Bertz CT molecular complexity index is 696. The van der Waals surface area contributed by atoms with Crippen molar-refractivity contribution in [2.24, 2.45) is 0 Å². The third-order valence-electron chi connectivity index (χ3n) is 5.33. The van der Waals surface area contributed by atoms with Crippen molar-refractivity contribution in [1.29, 1.82) is 0 Å². The summed E-state index contributed by atoms with van der Waals surface area (Å²) < 4.78 is 0. The van der Waals surface area contributed by atoms with E-state index in [0.717, 1.165) is 5.69 Å². The van der Waals surface area contributed by atoms with Crippen LogP contribution in [0.1, 0.15) is 53.4 Å². The molecule has 1 aliphatic carbocycles. The highest BCUT2D eigenvalue weighted by atomic mass is 15.2. The molecular formula is C19H22N2. The molecule has 2 bridgehead atoms. The first-order valence-corrected chi connectivity index (χ1v) is 7.90. The molecule has 0 radical (unpaired) electrons. The minimum Gasteiger partial charge on any atom is -0.359 e. The molecule has 1 aliphatic heterocycles. The maximum atomic E-state index is 4.71. The molecule has 0 spiro atoms. The fourth-order valence-electron chi connectivity index (χ4n) is 4.61. The lowest BCUT2D eigenvalue weighted by atomic mass is 9.92. The summed E-state index contributed by atoms with van der Waals surface area (Å²) in [6, 6.07) is 12.3. The average molecular weight is 278 g/mol. The lowest BCUT2D eigenvalue weighted by molar-refractivity contribution is 0.611. The molecule has 0 saturated carbocycles. The molecule has 2 heterocycles. The first-order valence-electron chi connectivity index (χ1n) is 7.90. The van der Waals surface area contributed by atoms with E-state index in [1.165, 1.54) is 28.9 Å². The van der Waals surface area contributed by atoms with Crippen molar-refractivity contribution in [3.8, 4) is 0 Å². The summed E-state index contributed by atoms with van der Waals surface area (Å²) in [7, 11) is 0. The van der Waals surface area contributed by atoms with Crippen molar-refractivity contribution in [2.75, 3.05) is 4.90 Å². The molecule has 3 atom stereocenters. The number of benzene rings is 1.